The number of nitrogens with zero attached hydrogens (tertiary/aromatic N) is 1. The molecule has 122 valence electrons. The average molecular weight is 324 g/mol. The number of esters is 1. The minimum absolute atomic E-state index is 0.0298. The van der Waals surface area contributed by atoms with Gasteiger partial charge in [-0.15, -0.1) is 0 Å². The number of aromatic nitrogens is 1. The van der Waals surface area contributed by atoms with Crippen molar-refractivity contribution in [1.29, 1.82) is 0 Å². The lowest BCUT2D eigenvalue weighted by atomic mass is 10.1. The first-order valence-corrected chi connectivity index (χ1v) is 7.47. The summed E-state index contributed by atoms with van der Waals surface area (Å²) in [7, 11) is 0. The Morgan fingerprint density at radius 2 is 1.88 bits per heavy atom. The Kier molecular flexibility index (Phi) is 4.29. The van der Waals surface area contributed by atoms with Crippen molar-refractivity contribution in [3.05, 3.63) is 60.0 Å². The molecule has 0 fully saturated rings. The van der Waals surface area contributed by atoms with Crippen LogP contribution in [-0.2, 0) is 9.53 Å². The second-order valence-corrected chi connectivity index (χ2v) is 5.43. The summed E-state index contributed by atoms with van der Waals surface area (Å²) in [5.74, 6) is -1.18. The van der Waals surface area contributed by atoms with E-state index in [1.807, 2.05) is 36.4 Å². The fourth-order valence-corrected chi connectivity index (χ4v) is 2.24. The van der Waals surface area contributed by atoms with Crippen molar-refractivity contribution >= 4 is 28.3 Å². The lowest BCUT2D eigenvalue weighted by molar-refractivity contribution is -0.123. The van der Waals surface area contributed by atoms with Gasteiger partial charge >= 0.3 is 5.97 Å². The van der Waals surface area contributed by atoms with Crippen molar-refractivity contribution in [2.45, 2.75) is 20.0 Å². The Labute approximate surface area is 138 Å². The van der Waals surface area contributed by atoms with E-state index < -0.39 is 18.0 Å². The Hall–Kier alpha value is -3.15. The van der Waals surface area contributed by atoms with Gasteiger partial charge in [-0.2, -0.15) is 0 Å². The maximum absolute atomic E-state index is 12.2. The van der Waals surface area contributed by atoms with Crippen LogP contribution in [0.1, 0.15) is 23.2 Å². The van der Waals surface area contributed by atoms with Crippen LogP contribution < -0.4 is 5.32 Å². The number of nitrogens with one attached hydrogen (secondary N) is 1. The monoisotopic (exact) mass is 324 g/mol. The number of anilines is 1. The maximum Gasteiger partial charge on any atom is 0.377 e. The van der Waals surface area contributed by atoms with Crippen LogP contribution in [0.2, 0.25) is 0 Å². The SMILES string of the molecule is Cc1cc(C(=O)O[C@H](C)C(=O)Nc2ccc3ccccc3c2)on1. The average Bonchev–Trinajstić information content (AvgIpc) is 3.01. The van der Waals surface area contributed by atoms with Crippen molar-refractivity contribution in [3.63, 3.8) is 0 Å². The van der Waals surface area contributed by atoms with E-state index in [0.717, 1.165) is 10.8 Å². The van der Waals surface area contributed by atoms with Gasteiger partial charge in [0.15, 0.2) is 6.10 Å². The molecule has 0 aliphatic heterocycles. The third kappa shape index (κ3) is 3.43. The number of hydrogen-bond acceptors (Lipinski definition) is 5. The summed E-state index contributed by atoms with van der Waals surface area (Å²) < 4.78 is 9.90. The number of carbonyl (C=O) groups excluding carboxylic acids is 2. The van der Waals surface area contributed by atoms with Crippen LogP contribution in [-0.4, -0.2) is 23.1 Å². The van der Waals surface area contributed by atoms with Gasteiger partial charge in [-0.3, -0.25) is 4.79 Å². The summed E-state index contributed by atoms with van der Waals surface area (Å²) in [6.07, 6.45) is -0.964. The first-order chi connectivity index (χ1) is 11.5. The highest BCUT2D eigenvalue weighted by molar-refractivity contribution is 5.98. The van der Waals surface area contributed by atoms with E-state index in [-0.39, 0.29) is 5.76 Å². The molecule has 1 amide bonds. The van der Waals surface area contributed by atoms with E-state index >= 15 is 0 Å². The van der Waals surface area contributed by atoms with Crippen molar-refractivity contribution in [2.24, 2.45) is 0 Å². The Morgan fingerprint density at radius 3 is 2.58 bits per heavy atom. The number of hydrogen-bond donors (Lipinski definition) is 1. The predicted molar refractivity (Wildman–Crippen MR) is 88.7 cm³/mol. The predicted octanol–water partition coefficient (Wildman–Crippen LogP) is 3.32. The van der Waals surface area contributed by atoms with Gasteiger partial charge in [-0.25, -0.2) is 4.79 Å². The van der Waals surface area contributed by atoms with Crippen molar-refractivity contribution < 1.29 is 18.8 Å². The first kappa shape index (κ1) is 15.7. The van der Waals surface area contributed by atoms with E-state index in [9.17, 15) is 9.59 Å². The number of benzene rings is 2. The lowest BCUT2D eigenvalue weighted by Gasteiger charge is -2.13. The fraction of sp³-hybridized carbons (Fsp3) is 0.167. The normalized spacial score (nSPS) is 11.9. The number of fused-ring (bicyclic) bond motifs is 1. The molecule has 1 heterocycles. The number of aryl methyl sites for hydroxylation is 1. The van der Waals surface area contributed by atoms with Crippen molar-refractivity contribution in [1.82, 2.24) is 5.16 Å². The number of carbonyl (C=O) groups is 2. The first-order valence-electron chi connectivity index (χ1n) is 7.47. The van der Waals surface area contributed by atoms with Gasteiger partial charge in [0.05, 0.1) is 5.69 Å². The number of amides is 1. The Bertz CT molecular complexity index is 901. The third-order valence-electron chi connectivity index (χ3n) is 3.50. The van der Waals surface area contributed by atoms with Gasteiger partial charge in [-0.05, 0) is 36.8 Å². The molecule has 0 radical (unpaired) electrons. The van der Waals surface area contributed by atoms with Gasteiger partial charge in [0.25, 0.3) is 5.91 Å². The van der Waals surface area contributed by atoms with Crippen LogP contribution in [0, 0.1) is 6.92 Å². The van der Waals surface area contributed by atoms with Crippen LogP contribution in [0.15, 0.2) is 53.1 Å². The Balaban J connectivity index is 1.65. The zero-order valence-corrected chi connectivity index (χ0v) is 13.3. The van der Waals surface area contributed by atoms with Crippen molar-refractivity contribution in [2.75, 3.05) is 5.32 Å². The molecule has 0 saturated heterocycles. The minimum atomic E-state index is -0.964. The smallest absolute Gasteiger partial charge is 0.377 e. The summed E-state index contributed by atoms with van der Waals surface area (Å²) in [5.41, 5.74) is 1.20. The number of ether oxygens (including phenoxy) is 1. The van der Waals surface area contributed by atoms with E-state index in [1.165, 1.54) is 13.0 Å². The highest BCUT2D eigenvalue weighted by Gasteiger charge is 2.21. The molecular formula is C18H16N2O4. The van der Waals surface area contributed by atoms with E-state index in [0.29, 0.717) is 11.4 Å². The summed E-state index contributed by atoms with van der Waals surface area (Å²) in [4.78, 5) is 24.1. The number of rotatable bonds is 4. The maximum atomic E-state index is 12.2. The highest BCUT2D eigenvalue weighted by Crippen LogP contribution is 2.19. The van der Waals surface area contributed by atoms with Gasteiger partial charge < -0.3 is 14.6 Å². The quantitative estimate of drug-likeness (QED) is 0.745. The topological polar surface area (TPSA) is 81.4 Å². The van der Waals surface area contributed by atoms with Gasteiger partial charge in [0, 0.05) is 11.8 Å². The van der Waals surface area contributed by atoms with E-state index in [1.54, 1.807) is 13.0 Å². The van der Waals surface area contributed by atoms with Crippen LogP contribution in [0.3, 0.4) is 0 Å². The molecule has 6 heteroatoms. The summed E-state index contributed by atoms with van der Waals surface area (Å²) in [6, 6.07) is 14.9. The molecule has 6 nitrogen and oxygen atoms in total. The van der Waals surface area contributed by atoms with Crippen LogP contribution >= 0.6 is 0 Å². The molecule has 24 heavy (non-hydrogen) atoms. The molecule has 0 aliphatic rings. The van der Waals surface area contributed by atoms with Gasteiger partial charge in [-0.1, -0.05) is 35.5 Å². The van der Waals surface area contributed by atoms with Crippen LogP contribution in [0.5, 0.6) is 0 Å². The lowest BCUT2D eigenvalue weighted by Crippen LogP contribution is -2.29. The summed E-state index contributed by atoms with van der Waals surface area (Å²) >= 11 is 0. The molecule has 0 unspecified atom stereocenters. The van der Waals surface area contributed by atoms with Crippen LogP contribution in [0.4, 0.5) is 5.69 Å². The largest absolute Gasteiger partial charge is 0.447 e. The zero-order chi connectivity index (χ0) is 17.1. The second kappa shape index (κ2) is 6.54. The molecule has 3 rings (SSSR count). The minimum Gasteiger partial charge on any atom is -0.447 e. The molecule has 1 N–H and O–H groups in total. The molecule has 0 spiro atoms. The molecule has 1 aromatic heterocycles. The van der Waals surface area contributed by atoms with Gasteiger partial charge in [0.2, 0.25) is 5.76 Å². The molecule has 1 atom stereocenters. The Morgan fingerprint density at radius 1 is 1.12 bits per heavy atom. The molecule has 0 saturated carbocycles. The highest BCUT2D eigenvalue weighted by atomic mass is 16.6. The second-order valence-electron chi connectivity index (χ2n) is 5.43. The third-order valence-corrected chi connectivity index (χ3v) is 3.50. The molecular weight excluding hydrogens is 308 g/mol. The van der Waals surface area contributed by atoms with Gasteiger partial charge in [0.1, 0.15) is 0 Å². The molecule has 2 aromatic carbocycles. The summed E-state index contributed by atoms with van der Waals surface area (Å²) in [6.45, 7) is 3.19. The van der Waals surface area contributed by atoms with E-state index in [2.05, 4.69) is 10.5 Å². The summed E-state index contributed by atoms with van der Waals surface area (Å²) in [5, 5.41) is 8.43. The molecule has 0 bridgehead atoms. The van der Waals surface area contributed by atoms with Crippen LogP contribution in [0.25, 0.3) is 10.8 Å². The standard InChI is InChI=1S/C18H16N2O4/c1-11-9-16(24-20-11)18(22)23-12(2)17(21)19-15-8-7-13-5-3-4-6-14(13)10-15/h3-10,12H,1-2H3,(H,19,21)/t12-/m1/s1. The van der Waals surface area contributed by atoms with Crippen molar-refractivity contribution in [3.8, 4) is 0 Å². The molecule has 0 aliphatic carbocycles. The molecule has 3 aromatic rings. The zero-order valence-electron chi connectivity index (χ0n) is 13.3. The van der Waals surface area contributed by atoms with E-state index in [4.69, 9.17) is 9.26 Å². The fourth-order valence-electron chi connectivity index (χ4n) is 2.24.